The Bertz CT molecular complexity index is 2690. The fraction of sp³-hybridized carbons (Fsp3) is 0.758. The summed E-state index contributed by atoms with van der Waals surface area (Å²) in [6.07, 6.45) is -61.2. The van der Waals surface area contributed by atoms with E-state index in [4.69, 9.17) is 27.9 Å². The molecule has 0 fully saturated rings. The zero-order chi connectivity index (χ0) is 71.7. The van der Waals surface area contributed by atoms with Gasteiger partial charge in [0, 0.05) is 23.3 Å². The fourth-order valence-electron chi connectivity index (χ4n) is 4.21. The number of halogens is 30. The van der Waals surface area contributed by atoms with Gasteiger partial charge >= 0.3 is 176 Å². The molecule has 0 aliphatic carbocycles. The van der Waals surface area contributed by atoms with E-state index < -0.39 is 248 Å². The number of thioether (sulfide) groups is 3. The van der Waals surface area contributed by atoms with Crippen LogP contribution in [0.2, 0.25) is 0 Å². The molecule has 5 atom stereocenters. The normalized spacial score (nSPS) is 14.7. The van der Waals surface area contributed by atoms with Crippen LogP contribution in [0, 0.1) is 5.92 Å². The molecule has 0 aromatic rings. The average molecular weight is 2340 g/mol. The van der Waals surface area contributed by atoms with Crippen LogP contribution < -0.4 is 59.1 Å². The average Bonchev–Trinajstić information content (AvgIpc) is 0.790. The Morgan fingerprint density at radius 1 is 0.489 bits per heavy atom. The third-order valence-electron chi connectivity index (χ3n) is 8.11. The molecule has 94 heavy (non-hydrogen) atoms. The second kappa shape index (κ2) is 38.6. The van der Waals surface area contributed by atoms with Gasteiger partial charge in [-0.2, -0.15) is 119 Å². The molecule has 0 saturated heterocycles. The predicted molar refractivity (Wildman–Crippen MR) is 219 cm³/mol. The first-order valence-electron chi connectivity index (χ1n) is 20.2. The number of hydrogen-bond acceptors (Lipinski definition) is 21. The van der Waals surface area contributed by atoms with Gasteiger partial charge in [0.25, 0.3) is 19.1 Å². The van der Waals surface area contributed by atoms with E-state index in [1.807, 2.05) is 0 Å². The number of rotatable bonds is 34. The van der Waals surface area contributed by atoms with Crippen LogP contribution in [0.1, 0.15) is 14.3 Å². The van der Waals surface area contributed by atoms with E-state index in [2.05, 4.69) is 28.4 Å². The Kier molecular flexibility index (Phi) is 42.7. The third kappa shape index (κ3) is 32.1. The molecule has 0 aliphatic heterocycles. The Morgan fingerprint density at radius 3 is 0.968 bits per heavy atom. The van der Waals surface area contributed by atoms with Crippen LogP contribution in [0.25, 0.3) is 0 Å². The first-order chi connectivity index (χ1) is 39.2. The van der Waals surface area contributed by atoms with Gasteiger partial charge in [-0.1, -0.05) is 35.3 Å². The topological polar surface area (TPSA) is 327 Å². The summed E-state index contributed by atoms with van der Waals surface area (Å²) in [6, 6.07) is 0. The number of hydrogen-bond donors (Lipinski definition) is 3. The molecule has 0 bridgehead atoms. The second-order valence-corrected chi connectivity index (χ2v) is 20.3. The zero-order valence-electron chi connectivity index (χ0n) is 45.8. The van der Waals surface area contributed by atoms with Crippen molar-refractivity contribution in [3.63, 3.8) is 0 Å². The number of alkyl halides is 30. The first kappa shape index (κ1) is 104. The van der Waals surface area contributed by atoms with Crippen LogP contribution >= 0.6 is 35.3 Å². The Hall–Kier alpha value is -6.08. The molecule has 0 rings (SSSR count). The molecule has 21 nitrogen and oxygen atoms in total. The predicted octanol–water partition coefficient (Wildman–Crippen LogP) is 2.50. The standard InChI is InChI=1S/C27H20F30O12S4.C6H6O6.2Na.O3S.3Rf.H/c28-13(67-25(52,53)19(37,38)22(43,44)45)16(31,32)70-4-1-64-9(58)7-8(11(59)65-2-5-71-17(33,34)14(29)68-26(54,55)20(39,40)23(46,47)48)10(73(61,62)63)12(60)66-3-6-72-18(35,36)15(30)69-27(56,57)21(41,42)24(49,50)51;7-4(8)1-3(6(11)12)2-5(9)10;;;1-4(2)3;;;;/h8,10,13-15H,1-7H2,(H,61,62,63);1H,2H2,(H,7,8)(H,9,10)(H,11,12);;;;;;;/q;;2*+1;;;;;-1/p-1/b;3-1-;;;;;;;. The van der Waals surface area contributed by atoms with Crippen molar-refractivity contribution >= 4 is 91.8 Å². The maximum atomic E-state index is 14.0. The Morgan fingerprint density at radius 2 is 0.745 bits per heavy atom. The Balaban J connectivity index is -0.000000422. The van der Waals surface area contributed by atoms with Crippen molar-refractivity contribution in [1.29, 1.82) is 0 Å². The molecule has 0 saturated carbocycles. The summed E-state index contributed by atoms with van der Waals surface area (Å²) in [5, 5.41) is 3.58. The molecule has 0 aromatic carbocycles. The van der Waals surface area contributed by atoms with Crippen molar-refractivity contribution < 1.29 is 290 Å². The molecular weight excluding hydrogens is 2310 g/mol. The fourth-order valence-corrected chi connectivity index (χ4v) is 6.98. The number of ether oxygens (including phenoxy) is 6. The molecule has 0 aromatic heterocycles. The molecule has 0 heterocycles. The van der Waals surface area contributed by atoms with Gasteiger partial charge in [-0.25, -0.2) is 31.2 Å². The summed E-state index contributed by atoms with van der Waals surface area (Å²) in [4.78, 5) is 67.9. The molecule has 3 N–H and O–H groups in total. The van der Waals surface area contributed by atoms with Crippen molar-refractivity contribution in [1.82, 2.24) is 0 Å². The van der Waals surface area contributed by atoms with E-state index >= 15 is 0 Å². The van der Waals surface area contributed by atoms with E-state index in [0.717, 1.165) is 0 Å². The Labute approximate surface area is 541 Å². The van der Waals surface area contributed by atoms with Crippen molar-refractivity contribution in [3.05, 3.63) is 11.6 Å². The van der Waals surface area contributed by atoms with E-state index in [9.17, 15) is 173 Å². The molecule has 0 amide bonds. The summed E-state index contributed by atoms with van der Waals surface area (Å²) in [7, 11) is -9.85. The van der Waals surface area contributed by atoms with E-state index in [1.165, 1.54) is 0 Å². The zero-order valence-corrected chi connectivity index (χ0v) is 72.1. The van der Waals surface area contributed by atoms with Crippen LogP contribution in [0.15, 0.2) is 11.6 Å². The van der Waals surface area contributed by atoms with Crippen molar-refractivity contribution in [2.75, 3.05) is 37.1 Å². The van der Waals surface area contributed by atoms with Gasteiger partial charge in [-0.15, -0.1) is 12.6 Å². The third-order valence-corrected chi connectivity index (χ3v) is 12.1. The largest absolute Gasteiger partial charge is 1.00 e. The molecular formula is C33H26F30Na2O21Rf3S5. The quantitative estimate of drug-likeness (QED) is 0.0158. The van der Waals surface area contributed by atoms with Gasteiger partial charge in [0.2, 0.25) is 0 Å². The van der Waals surface area contributed by atoms with Crippen molar-refractivity contribution in [2.45, 2.75) is 108 Å². The van der Waals surface area contributed by atoms with Gasteiger partial charge in [0.15, 0.2) is 5.25 Å². The first-order valence-corrected chi connectivity index (χ1v) is 25.7. The molecule has 5 unspecified atom stereocenters. The van der Waals surface area contributed by atoms with Gasteiger partial charge in [0.1, 0.15) is 29.9 Å². The SMILES string of the molecule is O=C(CC(C(=O)OCCSC(F)(F)C(F)OC(F)(F)C(F)(F)C(F)(F)F)C(C(=O)OCCSC(F)(F)C(F)OC(F)(F)C(F)(F)C(F)(F)F)S(=O)(=O)[O-])OCCSC(F)(F)C(F)OC(F)(F)C(F)(F)C(F)(F)F.O=C(O)/C=C(/CC(=O)O)C(=O)O.O=S(=O)=O.[H-].[Na+].[Na+].[Rf].[Rf].[Rf]. The van der Waals surface area contributed by atoms with Crippen LogP contribution in [0.3, 0.4) is 0 Å². The van der Waals surface area contributed by atoms with Crippen LogP contribution in [-0.4, -0.2) is 209 Å². The summed E-state index contributed by atoms with van der Waals surface area (Å²) >= 11 is -4.47. The minimum absolute atomic E-state index is 0. The number of carboxylic acid groups (broad SMARTS) is 3. The number of esters is 3. The van der Waals surface area contributed by atoms with E-state index in [1.54, 1.807) is 0 Å². The monoisotopic (exact) mass is 2340 g/mol. The maximum absolute atomic E-state index is 14.0. The summed E-state index contributed by atoms with van der Waals surface area (Å²) < 4.78 is 472. The smallest absolute Gasteiger partial charge is 1.00 e. The van der Waals surface area contributed by atoms with E-state index in [-0.39, 0.29) is 60.5 Å². The minimum atomic E-state index is -7.36. The van der Waals surface area contributed by atoms with Gasteiger partial charge in [0.05, 0.1) is 24.3 Å². The number of aliphatic carboxylic acids is 3. The summed E-state index contributed by atoms with van der Waals surface area (Å²) in [6.45, 7) is -5.67. The molecule has 61 heteroatoms. The molecule has 532 valence electrons. The number of carbonyl (C=O) groups excluding carboxylic acids is 3. The van der Waals surface area contributed by atoms with Crippen LogP contribution in [0.4, 0.5) is 132 Å². The van der Waals surface area contributed by atoms with Gasteiger partial charge in [-0.05, 0) is 0 Å². The van der Waals surface area contributed by atoms with Crippen LogP contribution in [-0.2, 0) is 77.9 Å². The van der Waals surface area contributed by atoms with Crippen molar-refractivity contribution in [2.24, 2.45) is 5.92 Å². The maximum Gasteiger partial charge on any atom is 1.00 e. The molecule has 0 radical (unpaired) electrons. The molecule has 0 aliphatic rings. The van der Waals surface area contributed by atoms with Crippen molar-refractivity contribution in [3.8, 4) is 0 Å². The minimum Gasteiger partial charge on any atom is -1.00 e. The van der Waals surface area contributed by atoms with Crippen LogP contribution in [0.5, 0.6) is 0 Å². The molecule has 0 spiro atoms. The summed E-state index contributed by atoms with van der Waals surface area (Å²) in [5.41, 5.74) is -0.657. The second-order valence-electron chi connectivity index (χ2n) is 14.7. The van der Waals surface area contributed by atoms with Gasteiger partial charge < -0.3 is 35.5 Å². The number of carbonyl (C=O) groups is 6. The van der Waals surface area contributed by atoms with Gasteiger partial charge in [-0.3, -0.25) is 33.4 Å². The number of carboxylic acids is 3. The summed E-state index contributed by atoms with van der Waals surface area (Å²) in [5.74, 6) is -43.3. The van der Waals surface area contributed by atoms with E-state index in [0.29, 0.717) is 6.08 Å².